The molecule has 0 atom stereocenters. The second-order valence-electron chi connectivity index (χ2n) is 2.94. The fourth-order valence-corrected chi connectivity index (χ4v) is 1.21. The molecule has 1 aromatic rings. The van der Waals surface area contributed by atoms with Crippen LogP contribution < -0.4 is 10.7 Å². The van der Waals surface area contributed by atoms with Gasteiger partial charge in [0.15, 0.2) is 16.6 Å². The van der Waals surface area contributed by atoms with Crippen molar-refractivity contribution in [1.29, 1.82) is 0 Å². The quantitative estimate of drug-likeness (QED) is 0.273. The van der Waals surface area contributed by atoms with Crippen LogP contribution in [0.15, 0.2) is 23.3 Å². The number of nitrogens with one attached hydrogen (secondary N) is 2. The molecule has 0 fully saturated rings. The van der Waals surface area contributed by atoms with Crippen LogP contribution in [0.1, 0.15) is 12.5 Å². The van der Waals surface area contributed by atoms with E-state index in [4.69, 9.17) is 12.2 Å². The normalized spacial score (nSPS) is 10.3. The largest absolute Gasteiger partial charge is 0.504 e. The molecule has 0 amide bonds. The second kappa shape index (κ2) is 5.92. The lowest BCUT2D eigenvalue weighted by Crippen LogP contribution is -2.31. The predicted molar refractivity (Wildman–Crippen MR) is 66.8 cm³/mol. The van der Waals surface area contributed by atoms with Crippen LogP contribution in [0.25, 0.3) is 0 Å². The molecule has 0 aromatic heterocycles. The Balaban J connectivity index is 2.63. The third-order valence-corrected chi connectivity index (χ3v) is 1.99. The van der Waals surface area contributed by atoms with Gasteiger partial charge in [0.2, 0.25) is 0 Å². The average molecular weight is 239 g/mol. The summed E-state index contributed by atoms with van der Waals surface area (Å²) in [4.78, 5) is 0. The van der Waals surface area contributed by atoms with E-state index in [9.17, 15) is 10.2 Å². The maximum absolute atomic E-state index is 9.45. The first-order chi connectivity index (χ1) is 7.65. The number of para-hydroxylation sites is 1. The molecule has 0 aliphatic carbocycles. The first-order valence-corrected chi connectivity index (χ1v) is 5.13. The summed E-state index contributed by atoms with van der Waals surface area (Å²) in [5.74, 6) is -0.388. The third-order valence-electron chi connectivity index (χ3n) is 1.75. The molecule has 6 heteroatoms. The van der Waals surface area contributed by atoms with Crippen molar-refractivity contribution in [3.63, 3.8) is 0 Å². The number of thiocarbonyl (C=S) groups is 1. The van der Waals surface area contributed by atoms with Gasteiger partial charge in [0.25, 0.3) is 0 Å². The van der Waals surface area contributed by atoms with E-state index in [1.54, 1.807) is 12.1 Å². The van der Waals surface area contributed by atoms with Gasteiger partial charge in [-0.2, -0.15) is 5.10 Å². The zero-order chi connectivity index (χ0) is 12.0. The van der Waals surface area contributed by atoms with Gasteiger partial charge in [-0.15, -0.1) is 0 Å². The summed E-state index contributed by atoms with van der Waals surface area (Å²) in [5.41, 5.74) is 2.98. The summed E-state index contributed by atoms with van der Waals surface area (Å²) < 4.78 is 0. The molecule has 86 valence electrons. The third kappa shape index (κ3) is 3.39. The number of phenols is 2. The van der Waals surface area contributed by atoms with Gasteiger partial charge in [0.1, 0.15) is 0 Å². The van der Waals surface area contributed by atoms with Gasteiger partial charge < -0.3 is 15.5 Å². The van der Waals surface area contributed by atoms with Gasteiger partial charge in [-0.1, -0.05) is 6.07 Å². The SMILES string of the molecule is CCNC(=S)N/N=C/c1cccc(O)c1O. The van der Waals surface area contributed by atoms with Gasteiger partial charge in [-0.3, -0.25) is 5.43 Å². The van der Waals surface area contributed by atoms with Crippen molar-refractivity contribution in [3.8, 4) is 11.5 Å². The van der Waals surface area contributed by atoms with Crippen molar-refractivity contribution in [2.24, 2.45) is 5.10 Å². The Morgan fingerprint density at radius 3 is 2.94 bits per heavy atom. The zero-order valence-corrected chi connectivity index (χ0v) is 9.58. The number of aromatic hydroxyl groups is 2. The Bertz CT molecular complexity index is 407. The van der Waals surface area contributed by atoms with E-state index in [1.165, 1.54) is 12.3 Å². The van der Waals surface area contributed by atoms with Gasteiger partial charge in [-0.25, -0.2) is 0 Å². The van der Waals surface area contributed by atoms with E-state index in [-0.39, 0.29) is 11.5 Å². The highest BCUT2D eigenvalue weighted by Gasteiger charge is 2.02. The van der Waals surface area contributed by atoms with Gasteiger partial charge in [0, 0.05) is 12.1 Å². The van der Waals surface area contributed by atoms with Crippen LogP contribution in [0.2, 0.25) is 0 Å². The molecule has 0 aliphatic rings. The molecule has 0 spiro atoms. The molecule has 5 nitrogen and oxygen atoms in total. The predicted octanol–water partition coefficient (Wildman–Crippen LogP) is 0.916. The number of rotatable bonds is 3. The second-order valence-corrected chi connectivity index (χ2v) is 3.35. The Morgan fingerprint density at radius 1 is 1.50 bits per heavy atom. The molecule has 1 aromatic carbocycles. The summed E-state index contributed by atoms with van der Waals surface area (Å²) in [7, 11) is 0. The molecule has 0 heterocycles. The van der Waals surface area contributed by atoms with Crippen molar-refractivity contribution >= 4 is 23.5 Å². The summed E-state index contributed by atoms with van der Waals surface area (Å²) >= 11 is 4.88. The first-order valence-electron chi connectivity index (χ1n) is 4.73. The van der Waals surface area contributed by atoms with Gasteiger partial charge >= 0.3 is 0 Å². The highest BCUT2D eigenvalue weighted by Crippen LogP contribution is 2.26. The fraction of sp³-hybridized carbons (Fsp3) is 0.200. The molecule has 0 saturated heterocycles. The van der Waals surface area contributed by atoms with E-state index >= 15 is 0 Å². The van der Waals surface area contributed by atoms with Crippen LogP contribution in [0, 0.1) is 0 Å². The number of hydrogen-bond acceptors (Lipinski definition) is 4. The van der Waals surface area contributed by atoms with Crippen molar-refractivity contribution in [3.05, 3.63) is 23.8 Å². The molecular weight excluding hydrogens is 226 g/mol. The minimum atomic E-state index is -0.206. The van der Waals surface area contributed by atoms with Crippen molar-refractivity contribution in [2.45, 2.75) is 6.92 Å². The van der Waals surface area contributed by atoms with E-state index < -0.39 is 0 Å². The smallest absolute Gasteiger partial charge is 0.186 e. The Morgan fingerprint density at radius 2 is 2.25 bits per heavy atom. The monoisotopic (exact) mass is 239 g/mol. The Labute approximate surface area is 98.8 Å². The molecule has 0 bridgehead atoms. The minimum Gasteiger partial charge on any atom is -0.504 e. The van der Waals surface area contributed by atoms with Crippen LogP contribution in [0.4, 0.5) is 0 Å². The summed E-state index contributed by atoms with van der Waals surface area (Å²) in [6.45, 7) is 2.62. The van der Waals surface area contributed by atoms with Crippen molar-refractivity contribution in [2.75, 3.05) is 6.54 Å². The number of nitrogens with zero attached hydrogens (tertiary/aromatic N) is 1. The lowest BCUT2D eigenvalue weighted by Gasteiger charge is -2.03. The highest BCUT2D eigenvalue weighted by molar-refractivity contribution is 7.80. The van der Waals surface area contributed by atoms with Gasteiger partial charge in [-0.05, 0) is 31.3 Å². The number of phenolic OH excluding ortho intramolecular Hbond substituents is 2. The lowest BCUT2D eigenvalue weighted by molar-refractivity contribution is 0.403. The van der Waals surface area contributed by atoms with Crippen molar-refractivity contribution in [1.82, 2.24) is 10.7 Å². The number of hydrogen-bond donors (Lipinski definition) is 4. The maximum atomic E-state index is 9.45. The zero-order valence-electron chi connectivity index (χ0n) is 8.77. The molecule has 4 N–H and O–H groups in total. The topological polar surface area (TPSA) is 76.9 Å². The molecule has 0 unspecified atom stereocenters. The van der Waals surface area contributed by atoms with E-state index in [1.807, 2.05) is 6.92 Å². The molecular formula is C10H13N3O2S. The van der Waals surface area contributed by atoms with E-state index in [0.717, 1.165) is 0 Å². The molecule has 0 radical (unpaired) electrons. The molecule has 0 aliphatic heterocycles. The summed E-state index contributed by atoms with van der Waals surface area (Å²) in [5, 5.41) is 25.7. The Hall–Kier alpha value is -1.82. The standard InChI is InChI=1S/C10H13N3O2S/c1-2-11-10(16)13-12-6-7-4-3-5-8(14)9(7)15/h3-6,14-15H,2H2,1H3,(H2,11,13,16)/b12-6+. The average Bonchev–Trinajstić information content (AvgIpc) is 2.25. The van der Waals surface area contributed by atoms with Crippen LogP contribution in [0.3, 0.4) is 0 Å². The summed E-state index contributed by atoms with van der Waals surface area (Å²) in [6, 6.07) is 4.62. The molecule has 1 rings (SSSR count). The maximum Gasteiger partial charge on any atom is 0.186 e. The van der Waals surface area contributed by atoms with Crippen LogP contribution in [-0.4, -0.2) is 28.1 Å². The number of hydrazone groups is 1. The number of benzene rings is 1. The molecule has 0 saturated carbocycles. The fourth-order valence-electron chi connectivity index (χ4n) is 1.01. The summed E-state index contributed by atoms with van der Waals surface area (Å²) in [6.07, 6.45) is 1.37. The van der Waals surface area contributed by atoms with Crippen LogP contribution >= 0.6 is 12.2 Å². The van der Waals surface area contributed by atoms with Crippen LogP contribution in [0.5, 0.6) is 11.5 Å². The van der Waals surface area contributed by atoms with E-state index in [0.29, 0.717) is 17.2 Å². The van der Waals surface area contributed by atoms with Gasteiger partial charge in [0.05, 0.1) is 6.21 Å². The minimum absolute atomic E-state index is 0.182. The van der Waals surface area contributed by atoms with Crippen molar-refractivity contribution < 1.29 is 10.2 Å². The first kappa shape index (κ1) is 12.3. The molecule has 16 heavy (non-hydrogen) atoms. The highest BCUT2D eigenvalue weighted by atomic mass is 32.1. The Kier molecular flexibility index (Phi) is 4.53. The van der Waals surface area contributed by atoms with Crippen LogP contribution in [-0.2, 0) is 0 Å². The van der Waals surface area contributed by atoms with E-state index in [2.05, 4.69) is 15.8 Å². The lowest BCUT2D eigenvalue weighted by atomic mass is 10.2.